The third-order valence-electron chi connectivity index (χ3n) is 2.85. The number of hydrogen-bond acceptors (Lipinski definition) is 6. The standard InChI is InChI=1S/C14H20N6/c1-4-8-17-13-11(3)14(19-12(5-2)18-13)20(9-6-15)10-7-16/h4-5,8-10H2,1-3H3,(H,17,18,19). The lowest BCUT2D eigenvalue weighted by Crippen LogP contribution is -2.27. The number of nitrogens with one attached hydrogen (secondary N) is 1. The highest BCUT2D eigenvalue weighted by Crippen LogP contribution is 2.23. The average molecular weight is 272 g/mol. The molecule has 0 aliphatic rings. The molecule has 0 radical (unpaired) electrons. The van der Waals surface area contributed by atoms with Crippen molar-refractivity contribution in [3.05, 3.63) is 11.4 Å². The van der Waals surface area contributed by atoms with E-state index in [2.05, 4.69) is 34.3 Å². The number of aryl methyl sites for hydroxylation is 1. The van der Waals surface area contributed by atoms with Gasteiger partial charge in [-0.05, 0) is 13.3 Å². The van der Waals surface area contributed by atoms with Crippen LogP contribution in [0.5, 0.6) is 0 Å². The van der Waals surface area contributed by atoms with Gasteiger partial charge in [-0.1, -0.05) is 13.8 Å². The molecule has 1 aromatic rings. The van der Waals surface area contributed by atoms with E-state index in [1.807, 2.05) is 13.8 Å². The summed E-state index contributed by atoms with van der Waals surface area (Å²) in [5, 5.41) is 21.1. The lowest BCUT2D eigenvalue weighted by molar-refractivity contribution is 0.861. The van der Waals surface area contributed by atoms with Crippen molar-refractivity contribution in [3.8, 4) is 12.1 Å². The molecular weight excluding hydrogens is 252 g/mol. The van der Waals surface area contributed by atoms with Crippen LogP contribution in [-0.2, 0) is 6.42 Å². The van der Waals surface area contributed by atoms with Crippen LogP contribution in [0.2, 0.25) is 0 Å². The highest BCUT2D eigenvalue weighted by Gasteiger charge is 2.15. The van der Waals surface area contributed by atoms with E-state index < -0.39 is 0 Å². The second kappa shape index (κ2) is 7.96. The van der Waals surface area contributed by atoms with Gasteiger partial charge in [0, 0.05) is 18.5 Å². The maximum atomic E-state index is 8.89. The molecule has 20 heavy (non-hydrogen) atoms. The Morgan fingerprint density at radius 2 is 1.80 bits per heavy atom. The zero-order valence-corrected chi connectivity index (χ0v) is 12.3. The van der Waals surface area contributed by atoms with E-state index in [-0.39, 0.29) is 13.1 Å². The zero-order chi connectivity index (χ0) is 15.0. The lowest BCUT2D eigenvalue weighted by atomic mass is 10.2. The van der Waals surface area contributed by atoms with Crippen molar-refractivity contribution in [2.45, 2.75) is 33.6 Å². The molecule has 0 spiro atoms. The van der Waals surface area contributed by atoms with Gasteiger partial charge < -0.3 is 10.2 Å². The van der Waals surface area contributed by atoms with Crippen LogP contribution in [0.3, 0.4) is 0 Å². The van der Waals surface area contributed by atoms with Gasteiger partial charge in [0.25, 0.3) is 0 Å². The first-order valence-corrected chi connectivity index (χ1v) is 6.78. The Balaban J connectivity index is 3.22. The van der Waals surface area contributed by atoms with E-state index in [0.29, 0.717) is 18.1 Å². The molecule has 0 unspecified atom stereocenters. The summed E-state index contributed by atoms with van der Waals surface area (Å²) >= 11 is 0. The molecule has 0 aliphatic heterocycles. The molecule has 0 aromatic carbocycles. The van der Waals surface area contributed by atoms with Gasteiger partial charge in [-0.25, -0.2) is 9.97 Å². The molecule has 0 atom stereocenters. The zero-order valence-electron chi connectivity index (χ0n) is 12.3. The first kappa shape index (κ1) is 15.7. The Morgan fingerprint density at radius 1 is 1.15 bits per heavy atom. The number of nitriles is 2. The molecule has 0 aliphatic carbocycles. The van der Waals surface area contributed by atoms with Crippen LogP contribution in [0.25, 0.3) is 0 Å². The highest BCUT2D eigenvalue weighted by atomic mass is 15.2. The third-order valence-corrected chi connectivity index (χ3v) is 2.85. The summed E-state index contributed by atoms with van der Waals surface area (Å²) in [6.07, 6.45) is 1.71. The van der Waals surface area contributed by atoms with Gasteiger partial charge >= 0.3 is 0 Å². The topological polar surface area (TPSA) is 88.6 Å². The summed E-state index contributed by atoms with van der Waals surface area (Å²) in [4.78, 5) is 10.6. The van der Waals surface area contributed by atoms with Crippen LogP contribution in [0.15, 0.2) is 0 Å². The monoisotopic (exact) mass is 272 g/mol. The summed E-state index contributed by atoms with van der Waals surface area (Å²) in [6.45, 7) is 7.09. The Morgan fingerprint density at radius 3 is 2.30 bits per heavy atom. The Kier molecular flexibility index (Phi) is 6.25. The highest BCUT2D eigenvalue weighted by molar-refractivity contribution is 5.59. The maximum Gasteiger partial charge on any atom is 0.139 e. The van der Waals surface area contributed by atoms with E-state index in [0.717, 1.165) is 24.3 Å². The SMILES string of the molecule is CCCNc1nc(CC)nc(N(CC#N)CC#N)c1C. The minimum absolute atomic E-state index is 0.141. The number of aromatic nitrogens is 2. The number of nitrogens with zero attached hydrogens (tertiary/aromatic N) is 5. The molecule has 0 saturated carbocycles. The summed E-state index contributed by atoms with van der Waals surface area (Å²) in [5.74, 6) is 2.17. The summed E-state index contributed by atoms with van der Waals surface area (Å²) in [6, 6.07) is 4.14. The van der Waals surface area contributed by atoms with Crippen molar-refractivity contribution in [3.63, 3.8) is 0 Å². The average Bonchev–Trinajstić information content (AvgIpc) is 2.46. The van der Waals surface area contributed by atoms with Crippen molar-refractivity contribution in [2.24, 2.45) is 0 Å². The molecule has 0 fully saturated rings. The van der Waals surface area contributed by atoms with E-state index >= 15 is 0 Å². The van der Waals surface area contributed by atoms with Crippen LogP contribution < -0.4 is 10.2 Å². The Bertz CT molecular complexity index is 510. The van der Waals surface area contributed by atoms with Crippen LogP contribution in [-0.4, -0.2) is 29.6 Å². The van der Waals surface area contributed by atoms with E-state index in [9.17, 15) is 0 Å². The number of anilines is 2. The minimum atomic E-state index is 0.141. The van der Waals surface area contributed by atoms with Gasteiger partial charge in [-0.15, -0.1) is 0 Å². The molecular formula is C14H20N6. The van der Waals surface area contributed by atoms with Crippen LogP contribution in [0.4, 0.5) is 11.6 Å². The van der Waals surface area contributed by atoms with Crippen molar-refractivity contribution in [1.29, 1.82) is 10.5 Å². The van der Waals surface area contributed by atoms with E-state index in [1.165, 1.54) is 0 Å². The van der Waals surface area contributed by atoms with Gasteiger partial charge in [0.05, 0.1) is 12.1 Å². The molecule has 6 nitrogen and oxygen atoms in total. The molecule has 1 N–H and O–H groups in total. The van der Waals surface area contributed by atoms with Crippen molar-refractivity contribution < 1.29 is 0 Å². The number of rotatable bonds is 7. The summed E-state index contributed by atoms with van der Waals surface area (Å²) in [5.41, 5.74) is 0.876. The van der Waals surface area contributed by atoms with Crippen LogP contribution in [0, 0.1) is 29.6 Å². The maximum absolute atomic E-state index is 8.89. The molecule has 1 aromatic heterocycles. The fourth-order valence-corrected chi connectivity index (χ4v) is 1.81. The smallest absolute Gasteiger partial charge is 0.139 e. The molecule has 0 saturated heterocycles. The van der Waals surface area contributed by atoms with Crippen molar-refractivity contribution in [1.82, 2.24) is 9.97 Å². The molecule has 1 rings (SSSR count). The minimum Gasteiger partial charge on any atom is -0.370 e. The largest absolute Gasteiger partial charge is 0.370 e. The summed E-state index contributed by atoms with van der Waals surface area (Å²) in [7, 11) is 0. The van der Waals surface area contributed by atoms with Crippen molar-refractivity contribution in [2.75, 3.05) is 29.9 Å². The quantitative estimate of drug-likeness (QED) is 0.764. The van der Waals surface area contributed by atoms with Gasteiger partial charge in [0.2, 0.25) is 0 Å². The Hall–Kier alpha value is -2.34. The van der Waals surface area contributed by atoms with Crippen LogP contribution in [0.1, 0.15) is 31.7 Å². The van der Waals surface area contributed by atoms with Gasteiger partial charge in [0.15, 0.2) is 0 Å². The van der Waals surface area contributed by atoms with Gasteiger partial charge in [-0.2, -0.15) is 10.5 Å². The Labute approximate surface area is 120 Å². The third kappa shape index (κ3) is 3.83. The fraction of sp³-hybridized carbons (Fsp3) is 0.571. The molecule has 106 valence electrons. The van der Waals surface area contributed by atoms with E-state index in [4.69, 9.17) is 10.5 Å². The predicted octanol–water partition coefficient (Wildman–Crippen LogP) is 2.02. The predicted molar refractivity (Wildman–Crippen MR) is 78.4 cm³/mol. The second-order valence-electron chi connectivity index (χ2n) is 4.39. The van der Waals surface area contributed by atoms with E-state index in [1.54, 1.807) is 4.90 Å². The first-order valence-electron chi connectivity index (χ1n) is 6.78. The number of hydrogen-bond donors (Lipinski definition) is 1. The fourth-order valence-electron chi connectivity index (χ4n) is 1.81. The molecule has 0 bridgehead atoms. The molecule has 1 heterocycles. The summed E-state index contributed by atoms with van der Waals surface area (Å²) < 4.78 is 0. The van der Waals surface area contributed by atoms with Crippen molar-refractivity contribution >= 4 is 11.6 Å². The van der Waals surface area contributed by atoms with Crippen LogP contribution >= 0.6 is 0 Å². The molecule has 0 amide bonds. The van der Waals surface area contributed by atoms with Gasteiger partial charge in [-0.3, -0.25) is 0 Å². The first-order chi connectivity index (χ1) is 9.67. The lowest BCUT2D eigenvalue weighted by Gasteiger charge is -2.21. The normalized spacial score (nSPS) is 9.65. The molecule has 6 heteroatoms. The van der Waals surface area contributed by atoms with Gasteiger partial charge in [0.1, 0.15) is 30.5 Å². The second-order valence-corrected chi connectivity index (χ2v) is 4.39.